The number of hydrogen-bond donors (Lipinski definition) is 1. The minimum Gasteiger partial charge on any atom is -0.379 e. The van der Waals surface area contributed by atoms with E-state index in [1.54, 1.807) is 19.1 Å². The highest BCUT2D eigenvalue weighted by Crippen LogP contribution is 2.35. The van der Waals surface area contributed by atoms with E-state index < -0.39 is 17.3 Å². The van der Waals surface area contributed by atoms with Gasteiger partial charge in [0.25, 0.3) is 11.5 Å². The molecule has 2 atom stereocenters. The normalized spacial score (nSPS) is 19.2. The number of carbonyl (C=O) groups excluding carboxylic acids is 1. The average Bonchev–Trinajstić information content (AvgIpc) is 3.29. The molecule has 1 aliphatic heterocycles. The van der Waals surface area contributed by atoms with Crippen LogP contribution in [0.25, 0.3) is 10.8 Å². The Labute approximate surface area is 196 Å². The van der Waals surface area contributed by atoms with Crippen molar-refractivity contribution < 1.29 is 18.3 Å². The second-order valence-corrected chi connectivity index (χ2v) is 9.43. The van der Waals surface area contributed by atoms with Crippen LogP contribution in [-0.4, -0.2) is 23.7 Å². The fourth-order valence-corrected chi connectivity index (χ4v) is 5.28. The molecule has 1 aromatic heterocycles. The van der Waals surface area contributed by atoms with Gasteiger partial charge in [-0.15, -0.1) is 0 Å². The zero-order valence-electron chi connectivity index (χ0n) is 19.2. The first-order chi connectivity index (χ1) is 16.4. The summed E-state index contributed by atoms with van der Waals surface area (Å²) >= 11 is 0. The predicted octanol–water partition coefficient (Wildman–Crippen LogP) is 5.21. The molecule has 0 spiro atoms. The highest BCUT2D eigenvalue weighted by molar-refractivity contribution is 6.08. The van der Waals surface area contributed by atoms with Crippen LogP contribution >= 0.6 is 0 Å². The Morgan fingerprint density at radius 1 is 1.18 bits per heavy atom. The van der Waals surface area contributed by atoms with Crippen molar-refractivity contribution in [1.29, 1.82) is 0 Å². The van der Waals surface area contributed by atoms with E-state index in [9.17, 15) is 18.4 Å². The number of pyridine rings is 1. The number of hydrogen-bond acceptors (Lipinski definition) is 3. The fraction of sp³-hybridized carbons (Fsp3) is 0.407. The number of benzene rings is 2. The number of carbonyl (C=O) groups is 1. The summed E-state index contributed by atoms with van der Waals surface area (Å²) in [5, 5.41) is 3.29. The van der Waals surface area contributed by atoms with Gasteiger partial charge in [-0.05, 0) is 49.4 Å². The SMILES string of the molecule is Cc1c(C(=O)NC(CC2CCC2)c2cccc(F)c2)c2cccc(F)c2c(=O)n1C1CCOC1. The summed E-state index contributed by atoms with van der Waals surface area (Å²) in [7, 11) is 0. The molecule has 1 saturated heterocycles. The minimum atomic E-state index is -0.652. The van der Waals surface area contributed by atoms with Crippen LogP contribution in [-0.2, 0) is 4.74 Å². The topological polar surface area (TPSA) is 60.3 Å². The van der Waals surface area contributed by atoms with Gasteiger partial charge >= 0.3 is 0 Å². The molecule has 1 amide bonds. The first kappa shape index (κ1) is 22.7. The molecule has 178 valence electrons. The molecule has 2 heterocycles. The summed E-state index contributed by atoms with van der Waals surface area (Å²) in [4.78, 5) is 27.1. The maximum Gasteiger partial charge on any atom is 0.261 e. The van der Waals surface area contributed by atoms with Gasteiger partial charge in [0.05, 0.1) is 29.6 Å². The second-order valence-electron chi connectivity index (χ2n) is 9.43. The van der Waals surface area contributed by atoms with Crippen molar-refractivity contribution in [2.45, 2.75) is 51.1 Å². The van der Waals surface area contributed by atoms with Gasteiger partial charge in [-0.1, -0.05) is 43.5 Å². The van der Waals surface area contributed by atoms with E-state index in [4.69, 9.17) is 4.74 Å². The molecule has 2 aromatic carbocycles. The molecule has 1 N–H and O–H groups in total. The van der Waals surface area contributed by atoms with E-state index in [1.165, 1.54) is 28.8 Å². The van der Waals surface area contributed by atoms with E-state index in [0.717, 1.165) is 19.3 Å². The second kappa shape index (κ2) is 9.29. The Bertz CT molecular complexity index is 1290. The molecule has 7 heteroatoms. The maximum absolute atomic E-state index is 14.9. The number of ether oxygens (including phenoxy) is 1. The lowest BCUT2D eigenvalue weighted by Crippen LogP contribution is -2.35. The molecule has 34 heavy (non-hydrogen) atoms. The van der Waals surface area contributed by atoms with E-state index >= 15 is 0 Å². The zero-order chi connectivity index (χ0) is 23.8. The Balaban J connectivity index is 1.60. The molecule has 3 aromatic rings. The summed E-state index contributed by atoms with van der Waals surface area (Å²) in [6.45, 7) is 2.58. The molecule has 0 radical (unpaired) electrons. The third-order valence-corrected chi connectivity index (χ3v) is 7.29. The molecular weight excluding hydrogens is 438 g/mol. The van der Waals surface area contributed by atoms with Crippen molar-refractivity contribution in [3.8, 4) is 0 Å². The summed E-state index contributed by atoms with van der Waals surface area (Å²) in [6.07, 6.45) is 4.65. The molecule has 5 nitrogen and oxygen atoms in total. The van der Waals surface area contributed by atoms with Crippen LogP contribution in [0.2, 0.25) is 0 Å². The first-order valence-corrected chi connectivity index (χ1v) is 11.9. The van der Waals surface area contributed by atoms with Crippen molar-refractivity contribution in [2.24, 2.45) is 5.92 Å². The number of aromatic nitrogens is 1. The van der Waals surface area contributed by atoms with Crippen LogP contribution in [0.4, 0.5) is 8.78 Å². The van der Waals surface area contributed by atoms with Gasteiger partial charge in [-0.25, -0.2) is 8.78 Å². The standard InChI is InChI=1S/C27H28F2N2O3/c1-16-24(21-9-4-10-22(29)25(21)27(33)31(16)20-11-12-34-15-20)26(32)30-23(13-17-5-2-6-17)18-7-3-8-19(28)14-18/h3-4,7-10,14,17,20,23H,2,5-6,11-13,15H2,1H3,(H,30,32). The molecule has 5 rings (SSSR count). The van der Waals surface area contributed by atoms with Gasteiger partial charge < -0.3 is 14.6 Å². The molecular formula is C27H28F2N2O3. The van der Waals surface area contributed by atoms with Crippen LogP contribution in [0, 0.1) is 24.5 Å². The molecule has 2 unspecified atom stereocenters. The molecule has 1 aliphatic carbocycles. The van der Waals surface area contributed by atoms with Gasteiger partial charge in [0.15, 0.2) is 0 Å². The van der Waals surface area contributed by atoms with Crippen molar-refractivity contribution in [1.82, 2.24) is 9.88 Å². The van der Waals surface area contributed by atoms with Crippen molar-refractivity contribution in [2.75, 3.05) is 13.2 Å². The molecule has 2 aliphatic rings. The number of nitrogens with zero attached hydrogens (tertiary/aromatic N) is 1. The average molecular weight is 467 g/mol. The van der Waals surface area contributed by atoms with Crippen molar-refractivity contribution >= 4 is 16.7 Å². The lowest BCUT2D eigenvalue weighted by molar-refractivity contribution is 0.0925. The molecule has 2 fully saturated rings. The summed E-state index contributed by atoms with van der Waals surface area (Å²) in [6, 6.07) is 10.0. The van der Waals surface area contributed by atoms with Gasteiger partial charge in [0, 0.05) is 17.7 Å². The molecule has 1 saturated carbocycles. The van der Waals surface area contributed by atoms with Crippen LogP contribution in [0.5, 0.6) is 0 Å². The van der Waals surface area contributed by atoms with E-state index in [0.29, 0.717) is 43.2 Å². The third-order valence-electron chi connectivity index (χ3n) is 7.29. The largest absolute Gasteiger partial charge is 0.379 e. The Kier molecular flexibility index (Phi) is 6.21. The van der Waals surface area contributed by atoms with E-state index in [-0.39, 0.29) is 34.2 Å². The van der Waals surface area contributed by atoms with Gasteiger partial charge in [-0.2, -0.15) is 0 Å². The number of amides is 1. The van der Waals surface area contributed by atoms with E-state index in [2.05, 4.69) is 5.32 Å². The first-order valence-electron chi connectivity index (χ1n) is 11.9. The third kappa shape index (κ3) is 4.13. The van der Waals surface area contributed by atoms with Crippen LogP contribution in [0.3, 0.4) is 0 Å². The maximum atomic E-state index is 14.9. The van der Waals surface area contributed by atoms with Crippen LogP contribution in [0.15, 0.2) is 47.3 Å². The van der Waals surface area contributed by atoms with Crippen LogP contribution in [0.1, 0.15) is 65.8 Å². The Hall–Kier alpha value is -3.06. The summed E-state index contributed by atoms with van der Waals surface area (Å²) in [5.74, 6) is -0.938. The van der Waals surface area contributed by atoms with Gasteiger partial charge in [0.1, 0.15) is 11.6 Å². The fourth-order valence-electron chi connectivity index (χ4n) is 5.28. The lowest BCUT2D eigenvalue weighted by atomic mass is 9.79. The highest BCUT2D eigenvalue weighted by atomic mass is 19.1. The molecule has 0 bridgehead atoms. The minimum absolute atomic E-state index is 0.0913. The monoisotopic (exact) mass is 466 g/mol. The lowest BCUT2D eigenvalue weighted by Gasteiger charge is -2.31. The van der Waals surface area contributed by atoms with Gasteiger partial charge in [-0.3, -0.25) is 9.59 Å². The van der Waals surface area contributed by atoms with Crippen molar-refractivity contribution in [3.63, 3.8) is 0 Å². The van der Waals surface area contributed by atoms with Gasteiger partial charge in [0.2, 0.25) is 0 Å². The zero-order valence-corrected chi connectivity index (χ0v) is 19.2. The Morgan fingerprint density at radius 3 is 2.65 bits per heavy atom. The highest BCUT2D eigenvalue weighted by Gasteiger charge is 2.30. The summed E-state index contributed by atoms with van der Waals surface area (Å²) in [5.41, 5.74) is 1.01. The van der Waals surface area contributed by atoms with Crippen LogP contribution < -0.4 is 10.9 Å². The van der Waals surface area contributed by atoms with Crippen molar-refractivity contribution in [3.05, 3.63) is 81.3 Å². The predicted molar refractivity (Wildman–Crippen MR) is 126 cm³/mol. The number of nitrogens with one attached hydrogen (secondary N) is 1. The number of halogens is 2. The number of rotatable bonds is 6. The van der Waals surface area contributed by atoms with E-state index in [1.807, 2.05) is 6.07 Å². The smallest absolute Gasteiger partial charge is 0.261 e. The quantitative estimate of drug-likeness (QED) is 0.543. The summed E-state index contributed by atoms with van der Waals surface area (Å²) < 4.78 is 35.9. The number of fused-ring (bicyclic) bond motifs is 1. The Morgan fingerprint density at radius 2 is 1.97 bits per heavy atom.